The van der Waals surface area contributed by atoms with Gasteiger partial charge in [-0.2, -0.15) is 0 Å². The van der Waals surface area contributed by atoms with E-state index in [1.165, 1.54) is 0 Å². The Labute approximate surface area is 112 Å². The molecule has 0 aliphatic rings. The van der Waals surface area contributed by atoms with Crippen LogP contribution >= 0.6 is 0 Å². The van der Waals surface area contributed by atoms with Crippen LogP contribution in [0.4, 0.5) is 5.82 Å². The second-order valence-electron chi connectivity index (χ2n) is 4.08. The van der Waals surface area contributed by atoms with Crippen molar-refractivity contribution in [1.82, 2.24) is 10.3 Å². The molecule has 1 aromatic heterocycles. The number of rotatable bonds is 6. The first kappa shape index (κ1) is 13.3. The summed E-state index contributed by atoms with van der Waals surface area (Å²) >= 11 is 0. The van der Waals surface area contributed by atoms with E-state index in [4.69, 9.17) is 4.74 Å². The average Bonchev–Trinajstić information content (AvgIpc) is 2.45. The normalized spacial score (nSPS) is 10.4. The molecule has 0 atom stereocenters. The van der Waals surface area contributed by atoms with Crippen LogP contribution in [-0.4, -0.2) is 37.7 Å². The number of hydrogen-bond donors (Lipinski definition) is 2. The Kier molecular flexibility index (Phi) is 4.69. The first-order chi connectivity index (χ1) is 9.31. The molecule has 2 N–H and O–H groups in total. The minimum atomic E-state index is -0.0771. The third-order valence-electron chi connectivity index (χ3n) is 2.72. The number of hydrogen-bond acceptors (Lipinski definition) is 4. The van der Waals surface area contributed by atoms with Gasteiger partial charge in [0.1, 0.15) is 5.82 Å². The molecule has 0 saturated heterocycles. The number of pyridine rings is 1. The molecular formula is C14H17N3O2. The number of carbonyl (C=O) groups excluding carboxylic acids is 1. The minimum Gasteiger partial charge on any atom is -0.383 e. The molecule has 0 aliphatic carbocycles. The van der Waals surface area contributed by atoms with E-state index in [1.54, 1.807) is 13.3 Å². The van der Waals surface area contributed by atoms with Gasteiger partial charge in [-0.15, -0.1) is 0 Å². The summed E-state index contributed by atoms with van der Waals surface area (Å²) in [7, 11) is 1.60. The fraction of sp³-hybridized carbons (Fsp3) is 0.286. The Morgan fingerprint density at radius 1 is 1.32 bits per heavy atom. The third-order valence-corrected chi connectivity index (χ3v) is 2.72. The average molecular weight is 259 g/mol. The van der Waals surface area contributed by atoms with E-state index in [2.05, 4.69) is 15.6 Å². The fourth-order valence-corrected chi connectivity index (χ4v) is 1.78. The van der Waals surface area contributed by atoms with Crippen molar-refractivity contribution in [3.05, 3.63) is 36.5 Å². The van der Waals surface area contributed by atoms with Crippen molar-refractivity contribution in [2.75, 3.05) is 32.1 Å². The van der Waals surface area contributed by atoms with Crippen LogP contribution in [0.25, 0.3) is 10.8 Å². The van der Waals surface area contributed by atoms with Gasteiger partial charge in [-0.25, -0.2) is 4.98 Å². The molecule has 0 fully saturated rings. The number of benzene rings is 1. The maximum atomic E-state index is 11.6. The molecule has 1 amide bonds. The summed E-state index contributed by atoms with van der Waals surface area (Å²) in [5, 5.41) is 7.90. The van der Waals surface area contributed by atoms with Crippen LogP contribution in [0.3, 0.4) is 0 Å². The quantitative estimate of drug-likeness (QED) is 0.770. The summed E-state index contributed by atoms with van der Waals surface area (Å²) in [4.78, 5) is 15.8. The van der Waals surface area contributed by atoms with Crippen LogP contribution in [0.5, 0.6) is 0 Å². The summed E-state index contributed by atoms with van der Waals surface area (Å²) in [6.45, 7) is 1.23. The number of nitrogens with one attached hydrogen (secondary N) is 2. The summed E-state index contributed by atoms with van der Waals surface area (Å²) in [5.41, 5.74) is 0. The molecule has 2 rings (SSSR count). The van der Waals surface area contributed by atoms with Gasteiger partial charge in [0.15, 0.2) is 0 Å². The number of carbonyl (C=O) groups is 1. The molecule has 5 nitrogen and oxygen atoms in total. The van der Waals surface area contributed by atoms with Gasteiger partial charge in [-0.05, 0) is 11.5 Å². The zero-order valence-corrected chi connectivity index (χ0v) is 10.8. The predicted octanol–water partition coefficient (Wildman–Crippen LogP) is 1.41. The highest BCUT2D eigenvalue weighted by molar-refractivity contribution is 5.93. The number of ether oxygens (including phenoxy) is 1. The van der Waals surface area contributed by atoms with E-state index in [-0.39, 0.29) is 12.5 Å². The molecule has 0 aliphatic heterocycles. The molecule has 0 spiro atoms. The number of amides is 1. The summed E-state index contributed by atoms with van der Waals surface area (Å²) in [6.07, 6.45) is 1.73. The largest absolute Gasteiger partial charge is 0.383 e. The molecule has 0 saturated carbocycles. The van der Waals surface area contributed by atoms with Gasteiger partial charge in [0, 0.05) is 25.2 Å². The highest BCUT2D eigenvalue weighted by Crippen LogP contribution is 2.19. The molecule has 5 heteroatoms. The second kappa shape index (κ2) is 6.70. The van der Waals surface area contributed by atoms with E-state index >= 15 is 0 Å². The van der Waals surface area contributed by atoms with E-state index < -0.39 is 0 Å². The predicted molar refractivity (Wildman–Crippen MR) is 75.1 cm³/mol. The van der Waals surface area contributed by atoms with Crippen molar-refractivity contribution >= 4 is 22.5 Å². The fourth-order valence-electron chi connectivity index (χ4n) is 1.78. The van der Waals surface area contributed by atoms with Crippen LogP contribution < -0.4 is 10.6 Å². The number of methoxy groups -OCH3 is 1. The van der Waals surface area contributed by atoms with Crippen LogP contribution in [0.2, 0.25) is 0 Å². The monoisotopic (exact) mass is 259 g/mol. The van der Waals surface area contributed by atoms with Crippen molar-refractivity contribution in [1.29, 1.82) is 0 Å². The molecule has 19 heavy (non-hydrogen) atoms. The lowest BCUT2D eigenvalue weighted by Crippen LogP contribution is -2.32. The van der Waals surface area contributed by atoms with E-state index in [0.717, 1.165) is 16.6 Å². The summed E-state index contributed by atoms with van der Waals surface area (Å²) < 4.78 is 4.87. The van der Waals surface area contributed by atoms with Gasteiger partial charge in [-0.1, -0.05) is 24.3 Å². The van der Waals surface area contributed by atoms with E-state index in [0.29, 0.717) is 13.2 Å². The van der Waals surface area contributed by atoms with Crippen LogP contribution in [0.15, 0.2) is 36.5 Å². The smallest absolute Gasteiger partial charge is 0.239 e. The maximum Gasteiger partial charge on any atom is 0.239 e. The maximum absolute atomic E-state index is 11.6. The van der Waals surface area contributed by atoms with Crippen LogP contribution in [0, 0.1) is 0 Å². The van der Waals surface area contributed by atoms with Crippen molar-refractivity contribution in [2.24, 2.45) is 0 Å². The van der Waals surface area contributed by atoms with Crippen molar-refractivity contribution in [2.45, 2.75) is 0 Å². The third kappa shape index (κ3) is 3.66. The molecule has 100 valence electrons. The SMILES string of the molecule is COCCNC(=O)CNc1nccc2ccccc12. The molecule has 2 aromatic rings. The Balaban J connectivity index is 1.96. The number of aromatic nitrogens is 1. The lowest BCUT2D eigenvalue weighted by atomic mass is 10.1. The minimum absolute atomic E-state index is 0.0771. The van der Waals surface area contributed by atoms with Crippen LogP contribution in [0.1, 0.15) is 0 Å². The molecule has 1 aromatic carbocycles. The Bertz CT molecular complexity index is 552. The highest BCUT2D eigenvalue weighted by Gasteiger charge is 2.04. The van der Waals surface area contributed by atoms with Crippen molar-refractivity contribution in [3.8, 4) is 0 Å². The first-order valence-corrected chi connectivity index (χ1v) is 6.14. The molecule has 0 radical (unpaired) electrons. The van der Waals surface area contributed by atoms with Gasteiger partial charge >= 0.3 is 0 Å². The van der Waals surface area contributed by atoms with Gasteiger partial charge in [-0.3, -0.25) is 4.79 Å². The number of anilines is 1. The lowest BCUT2D eigenvalue weighted by molar-refractivity contribution is -0.119. The molecule has 1 heterocycles. The van der Waals surface area contributed by atoms with Gasteiger partial charge in [0.25, 0.3) is 0 Å². The standard InChI is InChI=1S/C14H17N3O2/c1-19-9-8-15-13(18)10-17-14-12-5-3-2-4-11(12)6-7-16-14/h2-7H,8-10H2,1H3,(H,15,18)(H,16,17). The topological polar surface area (TPSA) is 63.2 Å². The summed E-state index contributed by atoms with van der Waals surface area (Å²) in [5.74, 6) is 0.645. The zero-order valence-electron chi connectivity index (χ0n) is 10.8. The lowest BCUT2D eigenvalue weighted by Gasteiger charge is -2.09. The van der Waals surface area contributed by atoms with Crippen LogP contribution in [-0.2, 0) is 9.53 Å². The zero-order chi connectivity index (χ0) is 13.5. The number of nitrogens with zero attached hydrogens (tertiary/aromatic N) is 1. The first-order valence-electron chi connectivity index (χ1n) is 6.14. The van der Waals surface area contributed by atoms with Gasteiger partial charge in [0.05, 0.1) is 13.2 Å². The number of fused-ring (bicyclic) bond motifs is 1. The van der Waals surface area contributed by atoms with E-state index in [9.17, 15) is 4.79 Å². The molecular weight excluding hydrogens is 242 g/mol. The van der Waals surface area contributed by atoms with Gasteiger partial charge in [0.2, 0.25) is 5.91 Å². The molecule has 0 bridgehead atoms. The Morgan fingerprint density at radius 2 is 2.16 bits per heavy atom. The molecule has 0 unspecified atom stereocenters. The van der Waals surface area contributed by atoms with E-state index in [1.807, 2.05) is 30.3 Å². The highest BCUT2D eigenvalue weighted by atomic mass is 16.5. The second-order valence-corrected chi connectivity index (χ2v) is 4.08. The van der Waals surface area contributed by atoms with Gasteiger partial charge < -0.3 is 15.4 Å². The summed E-state index contributed by atoms with van der Waals surface area (Å²) in [6, 6.07) is 9.87. The Morgan fingerprint density at radius 3 is 3.00 bits per heavy atom. The van der Waals surface area contributed by atoms with Crippen molar-refractivity contribution in [3.63, 3.8) is 0 Å². The van der Waals surface area contributed by atoms with Crippen molar-refractivity contribution < 1.29 is 9.53 Å². The Hall–Kier alpha value is -2.14.